The zero-order valence-corrected chi connectivity index (χ0v) is 13.1. The number of aromatic nitrogens is 1. The van der Waals surface area contributed by atoms with Crippen LogP contribution in [0.25, 0.3) is 0 Å². The Morgan fingerprint density at radius 3 is 2.48 bits per heavy atom. The molecular weight excluding hydrogens is 279 g/mol. The SMILES string of the molecule is CCCc1cc(CNC(C)C)cc(N(C)CC(F)(F)F)n1. The Morgan fingerprint density at radius 1 is 1.29 bits per heavy atom. The number of aryl methyl sites for hydroxylation is 1. The summed E-state index contributed by atoms with van der Waals surface area (Å²) in [4.78, 5) is 5.48. The van der Waals surface area contributed by atoms with Crippen LogP contribution in [0, 0.1) is 0 Å². The number of anilines is 1. The van der Waals surface area contributed by atoms with Gasteiger partial charge in [-0.15, -0.1) is 0 Å². The maximum atomic E-state index is 12.5. The molecule has 0 radical (unpaired) electrons. The van der Waals surface area contributed by atoms with Crippen LogP contribution in [-0.4, -0.2) is 30.8 Å². The topological polar surface area (TPSA) is 28.2 Å². The number of hydrogen-bond donors (Lipinski definition) is 1. The highest BCUT2D eigenvalue weighted by molar-refractivity contribution is 5.42. The summed E-state index contributed by atoms with van der Waals surface area (Å²) in [5, 5.41) is 3.28. The van der Waals surface area contributed by atoms with Gasteiger partial charge in [-0.1, -0.05) is 27.2 Å². The number of hydrogen-bond acceptors (Lipinski definition) is 3. The highest BCUT2D eigenvalue weighted by Crippen LogP contribution is 2.21. The first-order valence-corrected chi connectivity index (χ1v) is 7.22. The molecule has 0 amide bonds. The molecule has 120 valence electrons. The summed E-state index contributed by atoms with van der Waals surface area (Å²) in [5.41, 5.74) is 1.80. The van der Waals surface area contributed by atoms with Crippen LogP contribution in [0.3, 0.4) is 0 Å². The van der Waals surface area contributed by atoms with Crippen molar-refractivity contribution in [1.82, 2.24) is 10.3 Å². The van der Waals surface area contributed by atoms with Crippen molar-refractivity contribution in [2.75, 3.05) is 18.5 Å². The molecule has 0 atom stereocenters. The monoisotopic (exact) mass is 303 g/mol. The fraction of sp³-hybridized carbons (Fsp3) is 0.667. The van der Waals surface area contributed by atoms with Crippen molar-refractivity contribution in [2.45, 2.75) is 52.4 Å². The van der Waals surface area contributed by atoms with Gasteiger partial charge < -0.3 is 10.2 Å². The second kappa shape index (κ2) is 7.64. The quantitative estimate of drug-likeness (QED) is 0.835. The number of halogens is 3. The molecule has 3 nitrogen and oxygen atoms in total. The number of nitrogens with one attached hydrogen (secondary N) is 1. The molecular formula is C15H24F3N3. The van der Waals surface area contributed by atoms with E-state index >= 15 is 0 Å². The molecule has 1 N–H and O–H groups in total. The van der Waals surface area contributed by atoms with Gasteiger partial charge in [-0.2, -0.15) is 13.2 Å². The molecule has 0 bridgehead atoms. The number of rotatable bonds is 7. The van der Waals surface area contributed by atoms with E-state index in [1.165, 1.54) is 7.05 Å². The van der Waals surface area contributed by atoms with E-state index in [0.717, 1.165) is 29.0 Å². The van der Waals surface area contributed by atoms with Crippen molar-refractivity contribution in [3.05, 3.63) is 23.4 Å². The van der Waals surface area contributed by atoms with Crippen LogP contribution in [0.15, 0.2) is 12.1 Å². The summed E-state index contributed by atoms with van der Waals surface area (Å²) in [5.74, 6) is 0.374. The summed E-state index contributed by atoms with van der Waals surface area (Å²) in [6.45, 7) is 5.73. The summed E-state index contributed by atoms with van der Waals surface area (Å²) in [6, 6.07) is 4.01. The molecule has 21 heavy (non-hydrogen) atoms. The van der Waals surface area contributed by atoms with Crippen LogP contribution >= 0.6 is 0 Å². The second-order valence-corrected chi connectivity index (χ2v) is 5.58. The van der Waals surface area contributed by atoms with Gasteiger partial charge in [-0.05, 0) is 24.1 Å². The molecule has 1 heterocycles. The summed E-state index contributed by atoms with van der Waals surface area (Å²) in [6.07, 6.45) is -2.55. The fourth-order valence-corrected chi connectivity index (χ4v) is 1.99. The average molecular weight is 303 g/mol. The second-order valence-electron chi connectivity index (χ2n) is 5.58. The third-order valence-corrected chi connectivity index (χ3v) is 2.95. The molecule has 0 aliphatic rings. The zero-order valence-electron chi connectivity index (χ0n) is 13.1. The Morgan fingerprint density at radius 2 is 1.95 bits per heavy atom. The maximum absolute atomic E-state index is 12.5. The first kappa shape index (κ1) is 17.8. The maximum Gasteiger partial charge on any atom is 0.405 e. The number of alkyl halides is 3. The van der Waals surface area contributed by atoms with E-state index in [2.05, 4.69) is 10.3 Å². The van der Waals surface area contributed by atoms with Crippen molar-refractivity contribution >= 4 is 5.82 Å². The lowest BCUT2D eigenvalue weighted by atomic mass is 10.1. The molecule has 0 spiro atoms. The minimum atomic E-state index is -4.23. The van der Waals surface area contributed by atoms with Gasteiger partial charge in [0.2, 0.25) is 0 Å². The van der Waals surface area contributed by atoms with Gasteiger partial charge in [0.05, 0.1) is 0 Å². The standard InChI is InChI=1S/C15H24F3N3/c1-5-6-13-7-12(9-19-11(2)3)8-14(20-13)21(4)10-15(16,17)18/h7-8,11,19H,5-6,9-10H2,1-4H3. The first-order chi connectivity index (χ1) is 9.71. The molecule has 0 saturated heterocycles. The van der Waals surface area contributed by atoms with Gasteiger partial charge in [0.15, 0.2) is 0 Å². The third-order valence-electron chi connectivity index (χ3n) is 2.95. The Hall–Kier alpha value is -1.30. The lowest BCUT2D eigenvalue weighted by molar-refractivity contribution is -0.119. The van der Waals surface area contributed by atoms with Crippen LogP contribution in [0.2, 0.25) is 0 Å². The van der Waals surface area contributed by atoms with Gasteiger partial charge in [0, 0.05) is 25.3 Å². The molecule has 0 aliphatic carbocycles. The molecule has 0 aliphatic heterocycles. The summed E-state index contributed by atoms with van der Waals surface area (Å²) in [7, 11) is 1.42. The van der Waals surface area contributed by atoms with Gasteiger partial charge in [0.1, 0.15) is 12.4 Å². The minimum absolute atomic E-state index is 0.323. The predicted octanol–water partition coefficient (Wildman–Crippen LogP) is 3.53. The minimum Gasteiger partial charge on any atom is -0.351 e. The highest BCUT2D eigenvalue weighted by atomic mass is 19.4. The van der Waals surface area contributed by atoms with Crippen molar-refractivity contribution in [1.29, 1.82) is 0 Å². The van der Waals surface area contributed by atoms with Crippen molar-refractivity contribution < 1.29 is 13.2 Å². The summed E-state index contributed by atoms with van der Waals surface area (Å²) < 4.78 is 37.5. The average Bonchev–Trinajstić information content (AvgIpc) is 2.34. The number of pyridine rings is 1. The van der Waals surface area contributed by atoms with E-state index in [9.17, 15) is 13.2 Å². The van der Waals surface area contributed by atoms with Gasteiger partial charge in [-0.25, -0.2) is 4.98 Å². The van der Waals surface area contributed by atoms with E-state index in [4.69, 9.17) is 0 Å². The van der Waals surface area contributed by atoms with Gasteiger partial charge in [-0.3, -0.25) is 0 Å². The van der Waals surface area contributed by atoms with Crippen molar-refractivity contribution in [2.24, 2.45) is 0 Å². The van der Waals surface area contributed by atoms with Crippen LogP contribution in [0.1, 0.15) is 38.4 Å². The predicted molar refractivity (Wildman–Crippen MR) is 79.5 cm³/mol. The van der Waals surface area contributed by atoms with E-state index in [1.54, 1.807) is 6.07 Å². The van der Waals surface area contributed by atoms with Crippen molar-refractivity contribution in [3.8, 4) is 0 Å². The molecule has 0 unspecified atom stereocenters. The molecule has 0 saturated carbocycles. The Kier molecular flexibility index (Phi) is 6.45. The van der Waals surface area contributed by atoms with Crippen LogP contribution in [0.5, 0.6) is 0 Å². The van der Waals surface area contributed by atoms with Gasteiger partial charge in [0.25, 0.3) is 0 Å². The first-order valence-electron chi connectivity index (χ1n) is 7.22. The van der Waals surface area contributed by atoms with E-state index in [-0.39, 0.29) is 0 Å². The molecule has 1 aromatic rings. The van der Waals surface area contributed by atoms with Crippen LogP contribution in [0.4, 0.5) is 19.0 Å². The molecule has 0 fully saturated rings. The highest BCUT2D eigenvalue weighted by Gasteiger charge is 2.30. The van der Waals surface area contributed by atoms with E-state index in [0.29, 0.717) is 18.4 Å². The normalized spacial score (nSPS) is 12.0. The van der Waals surface area contributed by atoms with E-state index in [1.807, 2.05) is 26.8 Å². The number of nitrogens with zero attached hydrogens (tertiary/aromatic N) is 2. The molecule has 0 aromatic carbocycles. The Balaban J connectivity index is 2.95. The lowest BCUT2D eigenvalue weighted by Gasteiger charge is -2.21. The van der Waals surface area contributed by atoms with Gasteiger partial charge >= 0.3 is 6.18 Å². The molecule has 1 aromatic heterocycles. The zero-order chi connectivity index (χ0) is 16.0. The third kappa shape index (κ3) is 6.80. The molecule has 1 rings (SSSR count). The fourth-order valence-electron chi connectivity index (χ4n) is 1.99. The largest absolute Gasteiger partial charge is 0.405 e. The van der Waals surface area contributed by atoms with Crippen molar-refractivity contribution in [3.63, 3.8) is 0 Å². The molecule has 6 heteroatoms. The lowest BCUT2D eigenvalue weighted by Crippen LogP contribution is -2.31. The van der Waals surface area contributed by atoms with Crippen LogP contribution < -0.4 is 10.2 Å². The van der Waals surface area contributed by atoms with E-state index < -0.39 is 12.7 Å². The Labute approximate surface area is 124 Å². The summed E-state index contributed by atoms with van der Waals surface area (Å²) >= 11 is 0. The Bertz CT molecular complexity index is 444. The van der Waals surface area contributed by atoms with Crippen LogP contribution in [-0.2, 0) is 13.0 Å². The smallest absolute Gasteiger partial charge is 0.351 e.